The molecule has 11 heteroatoms. The van der Waals surface area contributed by atoms with E-state index < -0.39 is 74.2 Å². The minimum Gasteiger partial charge on any atom is -0.394 e. The van der Waals surface area contributed by atoms with E-state index in [4.69, 9.17) is 9.47 Å². The highest BCUT2D eigenvalue weighted by atomic mass is 16.7. The van der Waals surface area contributed by atoms with Gasteiger partial charge in [-0.05, 0) is 12.8 Å². The number of hydrogen-bond donors (Lipinski definition) is 8. The maximum atomic E-state index is 13.3. The molecule has 1 saturated heterocycles. The molecule has 82 heavy (non-hydrogen) atoms. The molecule has 0 radical (unpaired) electrons. The quantitative estimate of drug-likeness (QED) is 0.0272. The molecule has 9 unspecified atom stereocenters. The van der Waals surface area contributed by atoms with Crippen LogP contribution in [0.15, 0.2) is 0 Å². The van der Waals surface area contributed by atoms with Gasteiger partial charge in [-0.1, -0.05) is 367 Å². The Bertz CT molecular complexity index is 1290. The summed E-state index contributed by atoms with van der Waals surface area (Å²) in [6.45, 7) is 3.53. The van der Waals surface area contributed by atoms with Crippen molar-refractivity contribution in [2.75, 3.05) is 13.2 Å². The van der Waals surface area contributed by atoms with Gasteiger partial charge < -0.3 is 50.5 Å². The predicted octanol–water partition coefficient (Wildman–Crippen LogP) is 17.6. The number of rotatable bonds is 65. The molecule has 11 nitrogen and oxygen atoms in total. The van der Waals surface area contributed by atoms with Crippen LogP contribution in [0, 0.1) is 0 Å². The number of carbonyl (C=O) groups excluding carboxylic acids is 1. The molecule has 0 saturated carbocycles. The molecule has 1 aliphatic rings. The molecule has 1 heterocycles. The summed E-state index contributed by atoms with van der Waals surface area (Å²) < 4.78 is 11.2. The van der Waals surface area contributed by atoms with Crippen LogP contribution in [0.4, 0.5) is 0 Å². The Labute approximate surface area is 507 Å². The van der Waals surface area contributed by atoms with E-state index >= 15 is 0 Å². The number of ether oxygens (including phenoxy) is 2. The van der Waals surface area contributed by atoms with Crippen LogP contribution in [0.25, 0.3) is 0 Å². The van der Waals surface area contributed by atoms with Crippen LogP contribution in [-0.4, -0.2) is 110 Å². The molecular formula is C71H141NO10. The van der Waals surface area contributed by atoms with Crippen molar-refractivity contribution in [2.45, 2.75) is 435 Å². The van der Waals surface area contributed by atoms with Crippen molar-refractivity contribution >= 4 is 5.91 Å². The first-order chi connectivity index (χ1) is 40.2. The van der Waals surface area contributed by atoms with Crippen molar-refractivity contribution in [3.05, 3.63) is 0 Å². The van der Waals surface area contributed by atoms with E-state index in [9.17, 15) is 40.5 Å². The number of unbranched alkanes of at least 4 members (excludes halogenated alkanes) is 53. The molecule has 0 bridgehead atoms. The Morgan fingerprint density at radius 2 is 0.634 bits per heavy atom. The van der Waals surface area contributed by atoms with E-state index in [-0.39, 0.29) is 6.42 Å². The zero-order valence-corrected chi connectivity index (χ0v) is 54.3. The van der Waals surface area contributed by atoms with Crippen molar-refractivity contribution < 1.29 is 50.0 Å². The van der Waals surface area contributed by atoms with Gasteiger partial charge >= 0.3 is 0 Å². The van der Waals surface area contributed by atoms with Crippen LogP contribution in [0.2, 0.25) is 0 Å². The number of amides is 1. The van der Waals surface area contributed by atoms with Gasteiger partial charge in [0.25, 0.3) is 0 Å². The summed E-state index contributed by atoms with van der Waals surface area (Å²) in [6, 6.07) is -1.16. The van der Waals surface area contributed by atoms with Gasteiger partial charge in [-0.3, -0.25) is 4.79 Å². The second-order valence-electron chi connectivity index (χ2n) is 26.0. The molecule has 490 valence electrons. The van der Waals surface area contributed by atoms with Crippen LogP contribution in [0.5, 0.6) is 0 Å². The lowest BCUT2D eigenvalue weighted by Gasteiger charge is -2.40. The fraction of sp³-hybridized carbons (Fsp3) is 0.986. The summed E-state index contributed by atoms with van der Waals surface area (Å²) in [7, 11) is 0. The van der Waals surface area contributed by atoms with Crippen molar-refractivity contribution in [3.8, 4) is 0 Å². The summed E-state index contributed by atoms with van der Waals surface area (Å²) in [5.74, 6) is -0.686. The maximum absolute atomic E-state index is 13.3. The minimum absolute atomic E-state index is 0.268. The summed E-state index contributed by atoms with van der Waals surface area (Å²) in [6.07, 6.45) is 61.9. The summed E-state index contributed by atoms with van der Waals surface area (Å²) >= 11 is 0. The molecule has 0 aliphatic carbocycles. The van der Waals surface area contributed by atoms with Gasteiger partial charge in [-0.15, -0.1) is 0 Å². The number of hydrogen-bond acceptors (Lipinski definition) is 10. The van der Waals surface area contributed by atoms with E-state index in [0.29, 0.717) is 19.3 Å². The molecular weight excluding hydrogens is 1030 g/mol. The molecule has 9 atom stereocenters. The zero-order chi connectivity index (χ0) is 59.6. The molecule has 1 fully saturated rings. The minimum atomic E-state index is -1.66. The van der Waals surface area contributed by atoms with Crippen LogP contribution in [-0.2, 0) is 14.3 Å². The van der Waals surface area contributed by atoms with Gasteiger partial charge in [0.1, 0.15) is 36.6 Å². The first-order valence-corrected chi connectivity index (χ1v) is 36.4. The topological polar surface area (TPSA) is 189 Å². The summed E-state index contributed by atoms with van der Waals surface area (Å²) in [5.41, 5.74) is 0. The van der Waals surface area contributed by atoms with Gasteiger partial charge in [0.05, 0.1) is 25.4 Å². The van der Waals surface area contributed by atoms with Gasteiger partial charge in [0.15, 0.2) is 6.29 Å². The lowest BCUT2D eigenvalue weighted by Crippen LogP contribution is -2.60. The van der Waals surface area contributed by atoms with Gasteiger partial charge in [0, 0.05) is 0 Å². The number of aliphatic hydroxyl groups is 7. The van der Waals surface area contributed by atoms with Crippen LogP contribution < -0.4 is 5.32 Å². The average Bonchev–Trinajstić information content (AvgIpc) is 3.53. The van der Waals surface area contributed by atoms with E-state index in [2.05, 4.69) is 19.2 Å². The summed E-state index contributed by atoms with van der Waals surface area (Å²) in [5, 5.41) is 76.6. The predicted molar refractivity (Wildman–Crippen MR) is 344 cm³/mol. The molecule has 0 aromatic heterocycles. The molecule has 0 aromatic carbocycles. The van der Waals surface area contributed by atoms with Crippen LogP contribution >= 0.6 is 0 Å². The smallest absolute Gasteiger partial charge is 0.249 e. The molecule has 8 N–H and O–H groups in total. The monoisotopic (exact) mass is 1170 g/mol. The van der Waals surface area contributed by atoms with Gasteiger partial charge in [-0.25, -0.2) is 0 Å². The lowest BCUT2D eigenvalue weighted by atomic mass is 9.98. The number of carbonyl (C=O) groups is 1. The first kappa shape index (κ1) is 79.1. The average molecular weight is 1170 g/mol. The van der Waals surface area contributed by atoms with E-state index in [0.717, 1.165) is 38.5 Å². The van der Waals surface area contributed by atoms with E-state index in [1.807, 2.05) is 0 Å². The normalized spacial score (nSPS) is 19.0. The van der Waals surface area contributed by atoms with Gasteiger partial charge in [-0.2, -0.15) is 0 Å². The van der Waals surface area contributed by atoms with Crippen LogP contribution in [0.3, 0.4) is 0 Å². The lowest BCUT2D eigenvalue weighted by molar-refractivity contribution is -0.303. The van der Waals surface area contributed by atoms with Crippen molar-refractivity contribution in [1.82, 2.24) is 5.32 Å². The zero-order valence-electron chi connectivity index (χ0n) is 54.3. The van der Waals surface area contributed by atoms with Crippen molar-refractivity contribution in [3.63, 3.8) is 0 Å². The highest BCUT2D eigenvalue weighted by Gasteiger charge is 2.44. The fourth-order valence-corrected chi connectivity index (χ4v) is 12.3. The Morgan fingerprint density at radius 1 is 0.378 bits per heavy atom. The third-order valence-corrected chi connectivity index (χ3v) is 18.2. The summed E-state index contributed by atoms with van der Waals surface area (Å²) in [4.78, 5) is 13.3. The standard InChI is InChI=1S/C71H141NO10/c1-3-5-7-9-11-13-15-17-19-21-23-25-27-28-29-30-31-32-33-34-35-37-38-40-42-44-46-48-50-52-54-56-58-63(74)66(76)62(61-81-71-69(79)68(78)67(77)65(60-73)82-71)72-70(80)64(75)59-57-55-53-51-49-47-45-43-41-39-36-26-24-22-20-18-16-14-12-10-8-6-4-2/h62-69,71,73-79H,3-61H2,1-2H3,(H,72,80). The largest absolute Gasteiger partial charge is 0.394 e. The Balaban J connectivity index is 2.16. The second-order valence-corrected chi connectivity index (χ2v) is 26.0. The SMILES string of the molecule is CCCCCCCCCCCCCCCCCCCCCCCCCCCCCCCCCCC(O)C(O)C(COC1OC(CO)C(O)C(O)C1O)NC(=O)C(O)CCCCCCCCCCCCCCCCCCCCCCCCC. The molecule has 0 spiro atoms. The Kier molecular flexibility index (Phi) is 58.3. The molecule has 1 rings (SSSR count). The third-order valence-electron chi connectivity index (χ3n) is 18.2. The van der Waals surface area contributed by atoms with Crippen molar-refractivity contribution in [2.24, 2.45) is 0 Å². The molecule has 0 aromatic rings. The Hall–Kier alpha value is -0.890. The Morgan fingerprint density at radius 3 is 0.902 bits per heavy atom. The second kappa shape index (κ2) is 60.4. The fourth-order valence-electron chi connectivity index (χ4n) is 12.3. The van der Waals surface area contributed by atoms with Crippen LogP contribution in [0.1, 0.15) is 380 Å². The molecule has 1 aliphatic heterocycles. The number of aliphatic hydroxyl groups excluding tert-OH is 7. The highest BCUT2D eigenvalue weighted by molar-refractivity contribution is 5.80. The number of nitrogens with one attached hydrogen (secondary N) is 1. The van der Waals surface area contributed by atoms with E-state index in [1.165, 1.54) is 302 Å². The maximum Gasteiger partial charge on any atom is 0.249 e. The highest BCUT2D eigenvalue weighted by Crippen LogP contribution is 2.24. The molecule has 1 amide bonds. The van der Waals surface area contributed by atoms with Crippen molar-refractivity contribution in [1.29, 1.82) is 0 Å². The van der Waals surface area contributed by atoms with E-state index in [1.54, 1.807) is 0 Å². The first-order valence-electron chi connectivity index (χ1n) is 36.4. The third kappa shape index (κ3) is 47.2. The van der Waals surface area contributed by atoms with Gasteiger partial charge in [0.2, 0.25) is 5.91 Å².